The van der Waals surface area contributed by atoms with Crippen LogP contribution in [0.15, 0.2) is 54.7 Å². The Labute approximate surface area is 215 Å². The lowest BCUT2D eigenvalue weighted by atomic mass is 10.1. The molecule has 2 N–H and O–H groups in total. The normalized spacial score (nSPS) is 13.1. The average molecular weight is 533 g/mol. The van der Waals surface area contributed by atoms with E-state index in [0.29, 0.717) is 30.0 Å². The zero-order valence-corrected chi connectivity index (χ0v) is 20.6. The van der Waals surface area contributed by atoms with Crippen LogP contribution in [0, 0.1) is 5.92 Å². The molecule has 11 heteroatoms. The number of amides is 2. The molecular weight excluding hydrogens is 507 g/mol. The molecule has 6 nitrogen and oxygen atoms in total. The van der Waals surface area contributed by atoms with Crippen molar-refractivity contribution in [2.24, 2.45) is 5.92 Å². The third-order valence-corrected chi connectivity index (χ3v) is 6.16. The number of nitrogens with one attached hydrogen (secondary N) is 2. The fourth-order valence-electron chi connectivity index (χ4n) is 4.08. The number of pyridine rings is 1. The van der Waals surface area contributed by atoms with Crippen LogP contribution in [0.25, 0.3) is 0 Å². The standard InChI is InChI=1S/C27H25F5N4O2/c1-15(2)25(37)34-12-16-9-22(23(24(28)29)33-11-16)26(38)35-20-6-3-17-13-36(14-18(17)10-20)21-7-4-19(5-8-21)27(30,31)32/h3-11,15,24H,12-14H2,1-2H3,(H,34,37)(H,35,38). The summed E-state index contributed by atoms with van der Waals surface area (Å²) in [5.41, 5.74) is 1.47. The van der Waals surface area contributed by atoms with Crippen LogP contribution in [0.4, 0.5) is 33.3 Å². The summed E-state index contributed by atoms with van der Waals surface area (Å²) < 4.78 is 65.7. The molecule has 0 fully saturated rings. The minimum atomic E-state index is -4.42. The SMILES string of the molecule is CC(C)C(=O)NCc1cnc(C(F)F)c(C(=O)Nc2ccc3c(c2)CN(c2ccc(C(F)(F)F)cc2)C3)c1. The molecule has 1 aliphatic rings. The number of anilines is 2. The van der Waals surface area contributed by atoms with Gasteiger partial charge in [0, 0.05) is 43.1 Å². The van der Waals surface area contributed by atoms with Gasteiger partial charge < -0.3 is 15.5 Å². The molecule has 0 unspecified atom stereocenters. The predicted octanol–water partition coefficient (Wildman–Crippen LogP) is 6.08. The maximum Gasteiger partial charge on any atom is 0.416 e. The molecule has 0 saturated carbocycles. The van der Waals surface area contributed by atoms with E-state index in [-0.39, 0.29) is 23.9 Å². The molecule has 3 aromatic rings. The van der Waals surface area contributed by atoms with Crippen LogP contribution in [0.1, 0.15) is 58.6 Å². The number of alkyl halides is 5. The number of carbonyl (C=O) groups is 2. The second kappa shape index (κ2) is 10.8. The maximum absolute atomic E-state index is 13.6. The lowest BCUT2D eigenvalue weighted by molar-refractivity contribution is -0.137. The van der Waals surface area contributed by atoms with Crippen molar-refractivity contribution in [2.45, 2.75) is 46.1 Å². The predicted molar refractivity (Wildman–Crippen MR) is 132 cm³/mol. The number of rotatable bonds is 7. The van der Waals surface area contributed by atoms with Crippen molar-refractivity contribution in [2.75, 3.05) is 10.2 Å². The summed E-state index contributed by atoms with van der Waals surface area (Å²) in [4.78, 5) is 30.4. The van der Waals surface area contributed by atoms with Crippen molar-refractivity contribution in [3.63, 3.8) is 0 Å². The van der Waals surface area contributed by atoms with E-state index in [1.54, 1.807) is 32.0 Å². The van der Waals surface area contributed by atoms with E-state index in [1.807, 2.05) is 4.90 Å². The van der Waals surface area contributed by atoms with Gasteiger partial charge in [-0.1, -0.05) is 19.9 Å². The summed E-state index contributed by atoms with van der Waals surface area (Å²) in [6.45, 7) is 4.33. The summed E-state index contributed by atoms with van der Waals surface area (Å²) in [7, 11) is 0. The number of hydrogen-bond acceptors (Lipinski definition) is 4. The highest BCUT2D eigenvalue weighted by Gasteiger charge is 2.30. The molecular formula is C27H25F5N4O2. The van der Waals surface area contributed by atoms with Gasteiger partial charge in [0.25, 0.3) is 12.3 Å². The molecule has 0 aliphatic carbocycles. The van der Waals surface area contributed by atoms with Crippen molar-refractivity contribution >= 4 is 23.2 Å². The Morgan fingerprint density at radius 3 is 2.32 bits per heavy atom. The second-order valence-electron chi connectivity index (χ2n) is 9.29. The third kappa shape index (κ3) is 6.09. The van der Waals surface area contributed by atoms with Crippen molar-refractivity contribution in [1.29, 1.82) is 0 Å². The first-order valence-corrected chi connectivity index (χ1v) is 11.8. The maximum atomic E-state index is 13.6. The molecule has 1 aromatic heterocycles. The van der Waals surface area contributed by atoms with E-state index in [4.69, 9.17) is 0 Å². The number of halogens is 5. The largest absolute Gasteiger partial charge is 0.416 e. The van der Waals surface area contributed by atoms with Gasteiger partial charge in [-0.2, -0.15) is 13.2 Å². The number of nitrogens with zero attached hydrogens (tertiary/aromatic N) is 2. The summed E-state index contributed by atoms with van der Waals surface area (Å²) in [6.07, 6.45) is -6.20. The molecule has 4 rings (SSSR count). The molecule has 2 aromatic carbocycles. The van der Waals surface area contributed by atoms with Gasteiger partial charge >= 0.3 is 6.18 Å². The van der Waals surface area contributed by atoms with Crippen LogP contribution < -0.4 is 15.5 Å². The minimum Gasteiger partial charge on any atom is -0.363 e. The highest BCUT2D eigenvalue weighted by atomic mass is 19.4. The number of aromatic nitrogens is 1. The molecule has 200 valence electrons. The van der Waals surface area contributed by atoms with Gasteiger partial charge in [-0.05, 0) is 59.2 Å². The van der Waals surface area contributed by atoms with Gasteiger partial charge in [-0.3, -0.25) is 14.6 Å². The molecule has 0 bridgehead atoms. The second-order valence-corrected chi connectivity index (χ2v) is 9.29. The fourth-order valence-corrected chi connectivity index (χ4v) is 4.08. The van der Waals surface area contributed by atoms with Crippen LogP contribution in [-0.4, -0.2) is 16.8 Å². The number of benzene rings is 2. The first-order chi connectivity index (χ1) is 17.9. The first-order valence-electron chi connectivity index (χ1n) is 11.8. The third-order valence-electron chi connectivity index (χ3n) is 6.16. The smallest absolute Gasteiger partial charge is 0.363 e. The van der Waals surface area contributed by atoms with Gasteiger partial charge in [0.05, 0.1) is 11.1 Å². The first kappa shape index (κ1) is 27.0. The number of carbonyl (C=O) groups excluding carboxylic acids is 2. The topological polar surface area (TPSA) is 74.3 Å². The molecule has 2 heterocycles. The molecule has 38 heavy (non-hydrogen) atoms. The summed E-state index contributed by atoms with van der Waals surface area (Å²) in [5, 5.41) is 5.29. The molecule has 0 saturated heterocycles. The van der Waals surface area contributed by atoms with Gasteiger partial charge in [-0.15, -0.1) is 0 Å². The lowest BCUT2D eigenvalue weighted by Crippen LogP contribution is -2.27. The van der Waals surface area contributed by atoms with Gasteiger partial charge in [0.1, 0.15) is 5.69 Å². The molecule has 0 spiro atoms. The van der Waals surface area contributed by atoms with Crippen LogP contribution in [0.5, 0.6) is 0 Å². The van der Waals surface area contributed by atoms with Crippen LogP contribution in [0.2, 0.25) is 0 Å². The fraction of sp³-hybridized carbons (Fsp3) is 0.296. The Balaban J connectivity index is 1.48. The minimum absolute atomic E-state index is 0.0342. The average Bonchev–Trinajstić information content (AvgIpc) is 3.30. The Morgan fingerprint density at radius 1 is 1.00 bits per heavy atom. The lowest BCUT2D eigenvalue weighted by Gasteiger charge is -2.18. The highest BCUT2D eigenvalue weighted by molar-refractivity contribution is 6.05. The summed E-state index contributed by atoms with van der Waals surface area (Å²) in [5.74, 6) is -1.26. The monoisotopic (exact) mass is 532 g/mol. The van der Waals surface area contributed by atoms with Crippen LogP contribution in [-0.2, 0) is 30.6 Å². The van der Waals surface area contributed by atoms with E-state index in [9.17, 15) is 31.5 Å². The van der Waals surface area contributed by atoms with Crippen molar-refractivity contribution in [3.8, 4) is 0 Å². The Kier molecular flexibility index (Phi) is 7.66. The molecule has 2 amide bonds. The van der Waals surface area contributed by atoms with Gasteiger partial charge in [-0.25, -0.2) is 8.78 Å². The molecule has 0 atom stereocenters. The Hall–Kier alpha value is -4.02. The summed E-state index contributed by atoms with van der Waals surface area (Å²) in [6, 6.07) is 11.3. The van der Waals surface area contributed by atoms with E-state index >= 15 is 0 Å². The van der Waals surface area contributed by atoms with E-state index < -0.39 is 29.8 Å². The summed E-state index contributed by atoms with van der Waals surface area (Å²) >= 11 is 0. The van der Waals surface area contributed by atoms with E-state index in [0.717, 1.165) is 23.3 Å². The van der Waals surface area contributed by atoms with Crippen LogP contribution >= 0.6 is 0 Å². The van der Waals surface area contributed by atoms with E-state index in [1.165, 1.54) is 24.4 Å². The van der Waals surface area contributed by atoms with Gasteiger partial charge in [0.15, 0.2) is 0 Å². The van der Waals surface area contributed by atoms with Crippen molar-refractivity contribution < 1.29 is 31.5 Å². The zero-order valence-electron chi connectivity index (χ0n) is 20.6. The number of hydrogen-bond donors (Lipinski definition) is 2. The quantitative estimate of drug-likeness (QED) is 0.362. The van der Waals surface area contributed by atoms with Crippen molar-refractivity contribution in [1.82, 2.24) is 10.3 Å². The molecule has 1 aliphatic heterocycles. The van der Waals surface area contributed by atoms with E-state index in [2.05, 4.69) is 15.6 Å². The Bertz CT molecular complexity index is 1340. The molecule has 0 radical (unpaired) electrons. The van der Waals surface area contributed by atoms with Crippen molar-refractivity contribution in [3.05, 3.63) is 88.2 Å². The van der Waals surface area contributed by atoms with Crippen LogP contribution in [0.3, 0.4) is 0 Å². The number of fused-ring (bicyclic) bond motifs is 1. The zero-order chi connectivity index (χ0) is 27.6. The Morgan fingerprint density at radius 2 is 1.68 bits per heavy atom. The highest BCUT2D eigenvalue weighted by Crippen LogP contribution is 2.34. The van der Waals surface area contributed by atoms with Gasteiger partial charge in [0.2, 0.25) is 5.91 Å².